The molecule has 0 fully saturated rings. The SMILES string of the molecule is CCN(CC)CCN(c1ccc(OC)c(OC)c1)S(=O)(=O)c1ccc(C)cc1.[Cl-]. The Hall–Kier alpha value is -1.96. The summed E-state index contributed by atoms with van der Waals surface area (Å²) in [5.74, 6) is 1.05. The molecule has 0 saturated heterocycles. The van der Waals surface area contributed by atoms with Crippen LogP contribution < -0.4 is 26.2 Å². The van der Waals surface area contributed by atoms with Gasteiger partial charge in [0.25, 0.3) is 10.0 Å². The molecule has 0 amide bonds. The minimum atomic E-state index is -3.72. The van der Waals surface area contributed by atoms with Gasteiger partial charge in [0.1, 0.15) is 0 Å². The zero-order valence-electron chi connectivity index (χ0n) is 17.7. The summed E-state index contributed by atoms with van der Waals surface area (Å²) in [6.45, 7) is 8.77. The lowest BCUT2D eigenvalue weighted by atomic mass is 10.2. The summed E-state index contributed by atoms with van der Waals surface area (Å²) in [5, 5.41) is 0. The van der Waals surface area contributed by atoms with E-state index >= 15 is 0 Å². The number of hydrogen-bond acceptors (Lipinski definition) is 5. The Bertz CT molecular complexity index is 869. The second kappa shape index (κ2) is 11.3. The topological polar surface area (TPSA) is 59.1 Å². The van der Waals surface area contributed by atoms with Crippen molar-refractivity contribution in [3.05, 3.63) is 48.0 Å². The second-order valence-corrected chi connectivity index (χ2v) is 8.32. The molecule has 0 atom stereocenters. The lowest BCUT2D eigenvalue weighted by molar-refractivity contribution is -0.00000883. The van der Waals surface area contributed by atoms with E-state index in [4.69, 9.17) is 9.47 Å². The summed E-state index contributed by atoms with van der Waals surface area (Å²) < 4.78 is 38.9. The third-order valence-electron chi connectivity index (χ3n) is 4.78. The predicted octanol–water partition coefficient (Wildman–Crippen LogP) is 0.553. The number of sulfonamides is 1. The zero-order chi connectivity index (χ0) is 20.7. The summed E-state index contributed by atoms with van der Waals surface area (Å²) in [4.78, 5) is 2.46. The molecule has 0 bridgehead atoms. The lowest BCUT2D eigenvalue weighted by Crippen LogP contribution is -3.00. The molecule has 0 aliphatic heterocycles. The molecule has 0 unspecified atom stereocenters. The Balaban J connectivity index is 0.00000420. The maximum absolute atomic E-state index is 13.4. The Morgan fingerprint density at radius 3 is 1.97 bits per heavy atom. The minimum Gasteiger partial charge on any atom is -1.00 e. The smallest absolute Gasteiger partial charge is 0.264 e. The molecular weight excluding hydrogens is 412 g/mol. The van der Waals surface area contributed by atoms with Gasteiger partial charge in [0, 0.05) is 19.2 Å². The molecule has 8 heteroatoms. The van der Waals surface area contributed by atoms with Crippen molar-refractivity contribution in [3.63, 3.8) is 0 Å². The standard InChI is InChI=1S/C21H30N2O4S.ClH/c1-6-22(7-2)14-15-23(18-10-13-20(26-4)21(16-18)27-5)28(24,25)19-11-8-17(3)9-12-19;/h8-13,16H,6-7,14-15H2,1-5H3;1H/p-1. The van der Waals surface area contributed by atoms with Crippen LogP contribution in [0.25, 0.3) is 0 Å². The maximum atomic E-state index is 13.4. The van der Waals surface area contributed by atoms with Gasteiger partial charge in [0.15, 0.2) is 11.5 Å². The van der Waals surface area contributed by atoms with E-state index in [9.17, 15) is 8.42 Å². The van der Waals surface area contributed by atoms with Crippen LogP contribution in [0.4, 0.5) is 5.69 Å². The Labute approximate surface area is 180 Å². The molecule has 6 nitrogen and oxygen atoms in total. The van der Waals surface area contributed by atoms with Gasteiger partial charge in [0.2, 0.25) is 0 Å². The first-order valence-corrected chi connectivity index (χ1v) is 10.8. The fourth-order valence-corrected chi connectivity index (χ4v) is 4.43. The van der Waals surface area contributed by atoms with Crippen molar-refractivity contribution >= 4 is 15.7 Å². The van der Waals surface area contributed by atoms with Crippen molar-refractivity contribution in [1.82, 2.24) is 4.90 Å². The summed E-state index contributed by atoms with van der Waals surface area (Å²) in [6, 6.07) is 12.1. The molecule has 0 aliphatic carbocycles. The van der Waals surface area contributed by atoms with Crippen LogP contribution in [-0.4, -0.2) is 53.7 Å². The van der Waals surface area contributed by atoms with E-state index in [0.29, 0.717) is 30.3 Å². The van der Waals surface area contributed by atoms with Crippen LogP contribution in [0.3, 0.4) is 0 Å². The van der Waals surface area contributed by atoms with Crippen molar-refractivity contribution in [2.75, 3.05) is 44.7 Å². The third-order valence-corrected chi connectivity index (χ3v) is 6.62. The van der Waals surface area contributed by atoms with Gasteiger partial charge in [-0.3, -0.25) is 4.31 Å². The van der Waals surface area contributed by atoms with E-state index in [1.165, 1.54) is 11.4 Å². The first-order valence-electron chi connectivity index (χ1n) is 9.41. The van der Waals surface area contributed by atoms with Crippen molar-refractivity contribution in [2.24, 2.45) is 0 Å². The number of rotatable bonds is 10. The molecule has 0 heterocycles. The highest BCUT2D eigenvalue weighted by molar-refractivity contribution is 7.92. The molecule has 0 N–H and O–H groups in total. The molecule has 29 heavy (non-hydrogen) atoms. The molecular formula is C21H30ClN2O4S-. The second-order valence-electron chi connectivity index (χ2n) is 6.46. The van der Waals surface area contributed by atoms with Gasteiger partial charge in [-0.2, -0.15) is 0 Å². The summed E-state index contributed by atoms with van der Waals surface area (Å²) in [7, 11) is -0.625. The Morgan fingerprint density at radius 1 is 0.862 bits per heavy atom. The van der Waals surface area contributed by atoms with Crippen molar-refractivity contribution in [3.8, 4) is 11.5 Å². The van der Waals surface area contributed by atoms with E-state index < -0.39 is 10.0 Å². The highest BCUT2D eigenvalue weighted by atomic mass is 35.5. The molecule has 2 rings (SSSR count). The predicted molar refractivity (Wildman–Crippen MR) is 113 cm³/mol. The molecule has 0 saturated carbocycles. The van der Waals surface area contributed by atoms with Crippen LogP contribution in [0.1, 0.15) is 19.4 Å². The third kappa shape index (κ3) is 6.01. The molecule has 2 aromatic carbocycles. The van der Waals surface area contributed by atoms with Crippen LogP contribution in [0.5, 0.6) is 11.5 Å². The molecule has 2 aromatic rings. The van der Waals surface area contributed by atoms with Gasteiger partial charge in [-0.15, -0.1) is 0 Å². The maximum Gasteiger partial charge on any atom is 0.264 e. The number of benzene rings is 2. The number of halogens is 1. The van der Waals surface area contributed by atoms with Gasteiger partial charge >= 0.3 is 0 Å². The number of ether oxygens (including phenoxy) is 2. The fraction of sp³-hybridized carbons (Fsp3) is 0.429. The van der Waals surface area contributed by atoms with Crippen molar-refractivity contribution in [2.45, 2.75) is 25.7 Å². The van der Waals surface area contributed by atoms with Crippen molar-refractivity contribution < 1.29 is 30.3 Å². The average Bonchev–Trinajstić information content (AvgIpc) is 2.71. The number of aryl methyl sites for hydroxylation is 1. The molecule has 0 spiro atoms. The van der Waals surface area contributed by atoms with Crippen LogP contribution in [-0.2, 0) is 10.0 Å². The van der Waals surface area contributed by atoms with Crippen molar-refractivity contribution in [1.29, 1.82) is 0 Å². The molecule has 0 aliphatic rings. The summed E-state index contributed by atoms with van der Waals surface area (Å²) >= 11 is 0. The van der Waals surface area contributed by atoms with Gasteiger partial charge in [-0.1, -0.05) is 31.5 Å². The van der Waals surface area contributed by atoms with E-state index in [-0.39, 0.29) is 17.3 Å². The average molecular weight is 442 g/mol. The van der Waals surface area contributed by atoms with E-state index in [1.54, 1.807) is 37.4 Å². The van der Waals surface area contributed by atoms with Crippen LogP contribution in [0.2, 0.25) is 0 Å². The molecule has 162 valence electrons. The molecule has 0 aromatic heterocycles. The summed E-state index contributed by atoms with van der Waals surface area (Å²) in [5.41, 5.74) is 1.56. The first-order chi connectivity index (χ1) is 13.4. The Kier molecular flexibility index (Phi) is 9.76. The lowest BCUT2D eigenvalue weighted by Gasteiger charge is -2.28. The minimum absolute atomic E-state index is 0. The highest BCUT2D eigenvalue weighted by Crippen LogP contribution is 2.33. The highest BCUT2D eigenvalue weighted by Gasteiger charge is 2.26. The monoisotopic (exact) mass is 441 g/mol. The van der Waals surface area contributed by atoms with Crippen LogP contribution in [0.15, 0.2) is 47.4 Å². The van der Waals surface area contributed by atoms with E-state index in [2.05, 4.69) is 18.7 Å². The quantitative estimate of drug-likeness (QED) is 0.539. The van der Waals surface area contributed by atoms with Crippen LogP contribution >= 0.6 is 0 Å². The summed E-state index contributed by atoms with van der Waals surface area (Å²) in [6.07, 6.45) is 0. The fourth-order valence-electron chi connectivity index (χ4n) is 2.98. The van der Waals surface area contributed by atoms with E-state index in [1.807, 2.05) is 19.1 Å². The number of anilines is 1. The van der Waals surface area contributed by atoms with Gasteiger partial charge < -0.3 is 26.8 Å². The number of likely N-dealkylation sites (N-methyl/N-ethyl adjacent to an activating group) is 1. The van der Waals surface area contributed by atoms with E-state index in [0.717, 1.165) is 18.7 Å². The van der Waals surface area contributed by atoms with Gasteiger partial charge in [-0.25, -0.2) is 8.42 Å². The van der Waals surface area contributed by atoms with Crippen LogP contribution in [0, 0.1) is 6.92 Å². The number of hydrogen-bond donors (Lipinski definition) is 0. The largest absolute Gasteiger partial charge is 1.00 e. The first kappa shape index (κ1) is 25.1. The normalized spacial score (nSPS) is 11.1. The molecule has 0 radical (unpaired) electrons. The van der Waals surface area contributed by atoms with Gasteiger partial charge in [0.05, 0.1) is 24.8 Å². The number of methoxy groups -OCH3 is 2. The number of nitrogens with zero attached hydrogens (tertiary/aromatic N) is 2. The van der Waals surface area contributed by atoms with Gasteiger partial charge in [-0.05, 0) is 44.3 Å². The zero-order valence-corrected chi connectivity index (χ0v) is 19.3. The Morgan fingerprint density at radius 2 is 1.45 bits per heavy atom.